The maximum absolute atomic E-state index is 5.17. The molecule has 0 aromatic rings. The highest BCUT2D eigenvalue weighted by Gasteiger charge is 1.73. The third kappa shape index (κ3) is 22.5. The predicted octanol–water partition coefficient (Wildman–Crippen LogP) is -0.891. The zero-order valence-electron chi connectivity index (χ0n) is 8.40. The molecule has 76 valence electrons. The van der Waals surface area contributed by atoms with E-state index in [2.05, 4.69) is 10.6 Å². The highest BCUT2D eigenvalue weighted by atomic mass is 14.8. The lowest BCUT2D eigenvalue weighted by atomic mass is 10.4. The molecular weight excluding hydrogens is 152 g/mol. The van der Waals surface area contributed by atoms with Crippen molar-refractivity contribution in [2.45, 2.75) is 12.8 Å². The van der Waals surface area contributed by atoms with Crippen molar-refractivity contribution in [2.75, 3.05) is 40.3 Å². The first-order valence-corrected chi connectivity index (χ1v) is 4.52. The quantitative estimate of drug-likeness (QED) is 0.396. The average molecular weight is 176 g/mol. The summed E-state index contributed by atoms with van der Waals surface area (Å²) >= 11 is 0. The van der Waals surface area contributed by atoms with Gasteiger partial charge in [0.2, 0.25) is 0 Å². The summed E-state index contributed by atoms with van der Waals surface area (Å²) in [6.07, 6.45) is 2.16. The molecule has 0 radical (unpaired) electrons. The molecule has 0 heterocycles. The van der Waals surface area contributed by atoms with E-state index in [4.69, 9.17) is 11.5 Å². The number of nitrogens with two attached hydrogens (primary N) is 2. The van der Waals surface area contributed by atoms with Gasteiger partial charge in [-0.15, -0.1) is 0 Å². The molecule has 0 saturated heterocycles. The van der Waals surface area contributed by atoms with E-state index in [9.17, 15) is 0 Å². The van der Waals surface area contributed by atoms with Gasteiger partial charge in [-0.3, -0.25) is 0 Å². The van der Waals surface area contributed by atoms with Gasteiger partial charge < -0.3 is 22.1 Å². The van der Waals surface area contributed by atoms with Crippen LogP contribution in [0.3, 0.4) is 0 Å². The van der Waals surface area contributed by atoms with Crippen LogP contribution in [0.2, 0.25) is 0 Å². The minimum absolute atomic E-state index is 0.792. The predicted molar refractivity (Wildman–Crippen MR) is 55.2 cm³/mol. The Bertz CT molecular complexity index is 43.0. The number of nitrogens with one attached hydrogen (secondary N) is 2. The van der Waals surface area contributed by atoms with Crippen LogP contribution in [0.15, 0.2) is 0 Å². The molecule has 0 aromatic carbocycles. The van der Waals surface area contributed by atoms with Crippen LogP contribution in [-0.2, 0) is 0 Å². The summed E-state index contributed by atoms with van der Waals surface area (Å²) in [5.74, 6) is 0. The van der Waals surface area contributed by atoms with Gasteiger partial charge in [0, 0.05) is 0 Å². The van der Waals surface area contributed by atoms with Crippen molar-refractivity contribution in [3.8, 4) is 0 Å². The second-order valence-corrected chi connectivity index (χ2v) is 2.49. The van der Waals surface area contributed by atoms with Crippen LogP contribution in [0.25, 0.3) is 0 Å². The summed E-state index contributed by atoms with van der Waals surface area (Å²) in [6, 6.07) is 0. The number of rotatable bonds is 6. The Labute approximate surface area is 76.1 Å². The first-order chi connectivity index (χ1) is 5.83. The average Bonchev–Trinajstić information content (AvgIpc) is 2.12. The molecule has 0 fully saturated rings. The van der Waals surface area contributed by atoms with Crippen LogP contribution in [0.1, 0.15) is 12.8 Å². The third-order valence-electron chi connectivity index (χ3n) is 1.26. The van der Waals surface area contributed by atoms with Crippen molar-refractivity contribution in [2.24, 2.45) is 11.5 Å². The Morgan fingerprint density at radius 2 is 1.17 bits per heavy atom. The van der Waals surface area contributed by atoms with E-state index in [-0.39, 0.29) is 0 Å². The Kier molecular flexibility index (Phi) is 20.4. The van der Waals surface area contributed by atoms with Crippen molar-refractivity contribution < 1.29 is 0 Å². The molecular formula is C8H24N4. The SMILES string of the molecule is CNCCCN.CNCCCN. The lowest BCUT2D eigenvalue weighted by Gasteiger charge is -1.90. The molecule has 0 aliphatic carbocycles. The summed E-state index contributed by atoms with van der Waals surface area (Å²) in [5.41, 5.74) is 10.3. The molecule has 6 N–H and O–H groups in total. The van der Waals surface area contributed by atoms with Crippen molar-refractivity contribution in [3.05, 3.63) is 0 Å². The molecule has 0 atom stereocenters. The fraction of sp³-hybridized carbons (Fsp3) is 1.00. The Morgan fingerprint density at radius 3 is 1.25 bits per heavy atom. The maximum Gasteiger partial charge on any atom is -0.00399 e. The molecule has 0 aliphatic rings. The minimum Gasteiger partial charge on any atom is -0.330 e. The molecule has 0 spiro atoms. The molecule has 0 bridgehead atoms. The molecule has 4 heteroatoms. The molecule has 12 heavy (non-hydrogen) atoms. The van der Waals surface area contributed by atoms with Crippen LogP contribution in [0, 0.1) is 0 Å². The van der Waals surface area contributed by atoms with Crippen molar-refractivity contribution in [1.82, 2.24) is 10.6 Å². The summed E-state index contributed by atoms with van der Waals surface area (Å²) in [4.78, 5) is 0. The standard InChI is InChI=1S/2C4H12N2/c2*1-6-4-2-3-5/h2*6H,2-5H2,1H3. The van der Waals surface area contributed by atoms with Gasteiger partial charge in [0.1, 0.15) is 0 Å². The highest BCUT2D eigenvalue weighted by Crippen LogP contribution is 1.63. The zero-order valence-corrected chi connectivity index (χ0v) is 8.40. The topological polar surface area (TPSA) is 76.1 Å². The second kappa shape index (κ2) is 17.1. The van der Waals surface area contributed by atoms with Crippen LogP contribution in [-0.4, -0.2) is 40.3 Å². The molecule has 0 aromatic heterocycles. The smallest absolute Gasteiger partial charge is 0.00399 e. The van der Waals surface area contributed by atoms with E-state index in [0.717, 1.165) is 39.0 Å². The molecule has 4 nitrogen and oxygen atoms in total. The Balaban J connectivity index is 0. The summed E-state index contributed by atoms with van der Waals surface area (Å²) in [5, 5.41) is 5.98. The fourth-order valence-corrected chi connectivity index (χ4v) is 0.558. The summed E-state index contributed by atoms with van der Waals surface area (Å²) in [6.45, 7) is 3.66. The van der Waals surface area contributed by atoms with E-state index in [0.29, 0.717) is 0 Å². The first-order valence-electron chi connectivity index (χ1n) is 4.52. The second-order valence-electron chi connectivity index (χ2n) is 2.49. The van der Waals surface area contributed by atoms with Crippen molar-refractivity contribution >= 4 is 0 Å². The summed E-state index contributed by atoms with van der Waals surface area (Å²) in [7, 11) is 3.85. The van der Waals surface area contributed by atoms with Gasteiger partial charge >= 0.3 is 0 Å². The van der Waals surface area contributed by atoms with Crippen molar-refractivity contribution in [1.29, 1.82) is 0 Å². The highest BCUT2D eigenvalue weighted by molar-refractivity contribution is 4.38. The molecule has 0 amide bonds. The lowest BCUT2D eigenvalue weighted by Crippen LogP contribution is -2.12. The van der Waals surface area contributed by atoms with Crippen LogP contribution < -0.4 is 22.1 Å². The van der Waals surface area contributed by atoms with Gasteiger partial charge in [-0.25, -0.2) is 0 Å². The van der Waals surface area contributed by atoms with Gasteiger partial charge in [-0.1, -0.05) is 0 Å². The van der Waals surface area contributed by atoms with Crippen LogP contribution in [0.5, 0.6) is 0 Å². The third-order valence-corrected chi connectivity index (χ3v) is 1.26. The van der Waals surface area contributed by atoms with Gasteiger partial charge in [-0.2, -0.15) is 0 Å². The number of hydrogen-bond donors (Lipinski definition) is 4. The van der Waals surface area contributed by atoms with E-state index >= 15 is 0 Å². The Morgan fingerprint density at radius 1 is 0.833 bits per heavy atom. The zero-order chi connectivity index (χ0) is 9.66. The van der Waals surface area contributed by atoms with Gasteiger partial charge in [0.25, 0.3) is 0 Å². The van der Waals surface area contributed by atoms with E-state index in [1.165, 1.54) is 0 Å². The maximum atomic E-state index is 5.17. The lowest BCUT2D eigenvalue weighted by molar-refractivity contribution is 0.733. The monoisotopic (exact) mass is 176 g/mol. The van der Waals surface area contributed by atoms with E-state index < -0.39 is 0 Å². The minimum atomic E-state index is 0.792. The van der Waals surface area contributed by atoms with E-state index in [1.54, 1.807) is 0 Å². The normalized spacial score (nSPS) is 9.00. The van der Waals surface area contributed by atoms with Crippen LogP contribution in [0.4, 0.5) is 0 Å². The van der Waals surface area contributed by atoms with Gasteiger partial charge in [-0.05, 0) is 53.1 Å². The van der Waals surface area contributed by atoms with Gasteiger partial charge in [0.05, 0.1) is 0 Å². The number of hydrogen-bond acceptors (Lipinski definition) is 4. The first kappa shape index (κ1) is 14.4. The molecule has 0 rings (SSSR count). The molecule has 0 saturated carbocycles. The van der Waals surface area contributed by atoms with Gasteiger partial charge in [0.15, 0.2) is 0 Å². The van der Waals surface area contributed by atoms with Crippen molar-refractivity contribution in [3.63, 3.8) is 0 Å². The molecule has 0 unspecified atom stereocenters. The molecule has 0 aliphatic heterocycles. The van der Waals surface area contributed by atoms with Crippen LogP contribution >= 0.6 is 0 Å². The fourth-order valence-electron chi connectivity index (χ4n) is 0.558. The Hall–Kier alpha value is -0.160. The summed E-state index contributed by atoms with van der Waals surface area (Å²) < 4.78 is 0. The largest absolute Gasteiger partial charge is 0.330 e. The van der Waals surface area contributed by atoms with E-state index in [1.807, 2.05) is 14.1 Å².